The van der Waals surface area contributed by atoms with Crippen LogP contribution in [0.5, 0.6) is 0 Å². The molecule has 4 nitrogen and oxygen atoms in total. The van der Waals surface area contributed by atoms with E-state index < -0.39 is 5.60 Å². The molecule has 4 N–H and O–H groups in total. The van der Waals surface area contributed by atoms with Crippen LogP contribution in [0.25, 0.3) is 0 Å². The van der Waals surface area contributed by atoms with Gasteiger partial charge in [0.1, 0.15) is 5.82 Å². The quantitative estimate of drug-likeness (QED) is 0.697. The van der Waals surface area contributed by atoms with Crippen LogP contribution in [0.1, 0.15) is 31.2 Å². The second-order valence-corrected chi connectivity index (χ2v) is 4.53. The number of pyridine rings is 1. The molecule has 1 aromatic heterocycles. The van der Waals surface area contributed by atoms with E-state index in [0.717, 1.165) is 31.2 Å². The van der Waals surface area contributed by atoms with E-state index in [0.29, 0.717) is 11.9 Å². The van der Waals surface area contributed by atoms with E-state index in [1.54, 1.807) is 6.20 Å². The lowest BCUT2D eigenvalue weighted by molar-refractivity contribution is -0.00717. The Hall–Kier alpha value is -1.13. The molecule has 0 atom stereocenters. The second kappa shape index (κ2) is 4.39. The molecule has 1 aliphatic rings. The number of anilines is 1. The molecule has 4 heteroatoms. The van der Waals surface area contributed by atoms with Crippen molar-refractivity contribution in [3.8, 4) is 0 Å². The molecular formula is C12H19N3O. The summed E-state index contributed by atoms with van der Waals surface area (Å²) in [7, 11) is 1.97. The molecule has 16 heavy (non-hydrogen) atoms. The normalized spacial score (nSPS) is 30.2. The Morgan fingerprint density at radius 3 is 2.75 bits per heavy atom. The van der Waals surface area contributed by atoms with Crippen LogP contribution in [-0.2, 0) is 5.60 Å². The van der Waals surface area contributed by atoms with Gasteiger partial charge in [0, 0.05) is 17.8 Å². The zero-order valence-corrected chi connectivity index (χ0v) is 9.61. The molecule has 1 heterocycles. The number of nitrogen functional groups attached to an aromatic ring is 1. The van der Waals surface area contributed by atoms with Crippen molar-refractivity contribution in [2.24, 2.45) is 0 Å². The minimum absolute atomic E-state index is 0.452. The van der Waals surface area contributed by atoms with Gasteiger partial charge >= 0.3 is 0 Å². The summed E-state index contributed by atoms with van der Waals surface area (Å²) in [5, 5.41) is 13.8. The molecule has 2 rings (SSSR count). The van der Waals surface area contributed by atoms with Gasteiger partial charge in [-0.2, -0.15) is 0 Å². The summed E-state index contributed by atoms with van der Waals surface area (Å²) in [4.78, 5) is 4.04. The third kappa shape index (κ3) is 2.03. The summed E-state index contributed by atoms with van der Waals surface area (Å²) in [6.45, 7) is 0. The van der Waals surface area contributed by atoms with E-state index in [9.17, 15) is 5.11 Å². The first-order chi connectivity index (χ1) is 7.65. The molecular weight excluding hydrogens is 202 g/mol. The summed E-state index contributed by atoms with van der Waals surface area (Å²) in [6.07, 6.45) is 5.09. The van der Waals surface area contributed by atoms with Crippen molar-refractivity contribution < 1.29 is 5.11 Å². The Labute approximate surface area is 95.9 Å². The first-order valence-corrected chi connectivity index (χ1v) is 5.76. The molecule has 88 valence electrons. The van der Waals surface area contributed by atoms with Crippen molar-refractivity contribution in [3.05, 3.63) is 23.9 Å². The van der Waals surface area contributed by atoms with Crippen LogP contribution in [0.2, 0.25) is 0 Å². The first-order valence-electron chi connectivity index (χ1n) is 5.76. The molecule has 0 bridgehead atoms. The summed E-state index contributed by atoms with van der Waals surface area (Å²) >= 11 is 0. The number of hydrogen-bond acceptors (Lipinski definition) is 4. The molecule has 1 fully saturated rings. The molecule has 0 saturated heterocycles. The van der Waals surface area contributed by atoms with Crippen molar-refractivity contribution in [2.75, 3.05) is 12.8 Å². The van der Waals surface area contributed by atoms with E-state index in [1.807, 2.05) is 19.2 Å². The van der Waals surface area contributed by atoms with Crippen molar-refractivity contribution in [2.45, 2.75) is 37.3 Å². The zero-order valence-electron chi connectivity index (χ0n) is 9.61. The first kappa shape index (κ1) is 11.4. The number of nitrogens with two attached hydrogens (primary N) is 1. The molecule has 1 aromatic rings. The number of nitrogens with one attached hydrogen (secondary N) is 1. The van der Waals surface area contributed by atoms with Gasteiger partial charge in [0.25, 0.3) is 0 Å². The molecule has 1 saturated carbocycles. The van der Waals surface area contributed by atoms with E-state index >= 15 is 0 Å². The summed E-state index contributed by atoms with van der Waals surface area (Å²) in [6, 6.07) is 4.22. The zero-order chi connectivity index (χ0) is 11.6. The summed E-state index contributed by atoms with van der Waals surface area (Å²) in [5.74, 6) is 0.452. The van der Waals surface area contributed by atoms with Gasteiger partial charge in [-0.05, 0) is 38.8 Å². The second-order valence-electron chi connectivity index (χ2n) is 4.53. The summed E-state index contributed by atoms with van der Waals surface area (Å²) < 4.78 is 0. The Bertz CT molecular complexity index is 359. The molecule has 0 amide bonds. The monoisotopic (exact) mass is 221 g/mol. The summed E-state index contributed by atoms with van der Waals surface area (Å²) in [5.41, 5.74) is 5.81. The van der Waals surface area contributed by atoms with Crippen LogP contribution in [0.3, 0.4) is 0 Å². The number of aromatic nitrogens is 1. The maximum atomic E-state index is 10.6. The fourth-order valence-electron chi connectivity index (χ4n) is 2.46. The minimum Gasteiger partial charge on any atom is -0.385 e. The Morgan fingerprint density at radius 2 is 2.19 bits per heavy atom. The smallest absolute Gasteiger partial charge is 0.129 e. The van der Waals surface area contributed by atoms with Gasteiger partial charge in [0.2, 0.25) is 0 Å². The highest BCUT2D eigenvalue weighted by Gasteiger charge is 2.35. The van der Waals surface area contributed by atoms with Crippen LogP contribution in [0.4, 0.5) is 5.82 Å². The van der Waals surface area contributed by atoms with Gasteiger partial charge < -0.3 is 16.2 Å². The van der Waals surface area contributed by atoms with Gasteiger partial charge in [-0.15, -0.1) is 0 Å². The third-order valence-electron chi connectivity index (χ3n) is 3.56. The fraction of sp³-hybridized carbons (Fsp3) is 0.583. The molecule has 0 aliphatic heterocycles. The topological polar surface area (TPSA) is 71.2 Å². The standard InChI is InChI=1S/C12H19N3O/c1-14-9-4-6-12(16,7-5-9)10-3-2-8-15-11(10)13/h2-3,8-9,14,16H,4-7H2,1H3,(H2,13,15). The predicted molar refractivity (Wildman–Crippen MR) is 63.9 cm³/mol. The van der Waals surface area contributed by atoms with Crippen molar-refractivity contribution in [1.29, 1.82) is 0 Å². The van der Waals surface area contributed by atoms with Crippen molar-refractivity contribution in [3.63, 3.8) is 0 Å². The van der Waals surface area contributed by atoms with Crippen LogP contribution < -0.4 is 11.1 Å². The SMILES string of the molecule is CNC1CCC(O)(c2cccnc2N)CC1. The molecule has 0 unspecified atom stereocenters. The Kier molecular flexibility index (Phi) is 3.12. The number of aliphatic hydroxyl groups is 1. The average molecular weight is 221 g/mol. The van der Waals surface area contributed by atoms with E-state index in [-0.39, 0.29) is 0 Å². The highest BCUT2D eigenvalue weighted by Crippen LogP contribution is 2.38. The number of hydrogen-bond donors (Lipinski definition) is 3. The van der Waals surface area contributed by atoms with Gasteiger partial charge in [-0.25, -0.2) is 4.98 Å². The van der Waals surface area contributed by atoms with E-state index in [4.69, 9.17) is 5.73 Å². The fourth-order valence-corrected chi connectivity index (χ4v) is 2.46. The van der Waals surface area contributed by atoms with Gasteiger partial charge in [-0.1, -0.05) is 6.07 Å². The van der Waals surface area contributed by atoms with Crippen LogP contribution in [-0.4, -0.2) is 23.2 Å². The van der Waals surface area contributed by atoms with Gasteiger partial charge in [-0.3, -0.25) is 0 Å². The highest BCUT2D eigenvalue weighted by molar-refractivity contribution is 5.43. The molecule has 0 spiro atoms. The minimum atomic E-state index is -0.786. The lowest BCUT2D eigenvalue weighted by Gasteiger charge is -2.36. The molecule has 0 radical (unpaired) electrons. The van der Waals surface area contributed by atoms with E-state index in [1.165, 1.54) is 0 Å². The third-order valence-corrected chi connectivity index (χ3v) is 3.56. The van der Waals surface area contributed by atoms with Crippen LogP contribution in [0, 0.1) is 0 Å². The Morgan fingerprint density at radius 1 is 1.50 bits per heavy atom. The van der Waals surface area contributed by atoms with Crippen molar-refractivity contribution >= 4 is 5.82 Å². The highest BCUT2D eigenvalue weighted by atomic mass is 16.3. The number of rotatable bonds is 2. The number of nitrogens with zero attached hydrogens (tertiary/aromatic N) is 1. The van der Waals surface area contributed by atoms with E-state index in [2.05, 4.69) is 10.3 Å². The predicted octanol–water partition coefficient (Wildman–Crippen LogP) is 1.01. The Balaban J connectivity index is 2.18. The van der Waals surface area contributed by atoms with Crippen molar-refractivity contribution in [1.82, 2.24) is 10.3 Å². The maximum Gasteiger partial charge on any atom is 0.129 e. The van der Waals surface area contributed by atoms with Crippen LogP contribution >= 0.6 is 0 Å². The maximum absolute atomic E-state index is 10.6. The lowest BCUT2D eigenvalue weighted by Crippen LogP contribution is -2.38. The lowest BCUT2D eigenvalue weighted by atomic mass is 9.78. The molecule has 1 aliphatic carbocycles. The van der Waals surface area contributed by atoms with Gasteiger partial charge in [0.05, 0.1) is 5.60 Å². The molecule has 0 aromatic carbocycles. The average Bonchev–Trinajstić information content (AvgIpc) is 2.30. The van der Waals surface area contributed by atoms with Gasteiger partial charge in [0.15, 0.2) is 0 Å². The largest absolute Gasteiger partial charge is 0.385 e. The van der Waals surface area contributed by atoms with Crippen LogP contribution in [0.15, 0.2) is 18.3 Å².